The van der Waals surface area contributed by atoms with Crippen LogP contribution in [0.1, 0.15) is 30.9 Å². The van der Waals surface area contributed by atoms with Crippen molar-refractivity contribution in [3.63, 3.8) is 0 Å². The van der Waals surface area contributed by atoms with Crippen LogP contribution in [0.2, 0.25) is 15.1 Å². The minimum Gasteiger partial charge on any atom is -0.260 e. The minimum atomic E-state index is 0.572. The van der Waals surface area contributed by atoms with Crippen molar-refractivity contribution in [2.45, 2.75) is 34.5 Å². The third kappa shape index (κ3) is 5.01. The van der Waals surface area contributed by atoms with Crippen LogP contribution in [0.15, 0.2) is 74.3 Å². The van der Waals surface area contributed by atoms with Gasteiger partial charge in [0, 0.05) is 42.4 Å². The van der Waals surface area contributed by atoms with E-state index in [-0.39, 0.29) is 0 Å². The summed E-state index contributed by atoms with van der Waals surface area (Å²) in [5, 5.41) is 1.86. The van der Waals surface area contributed by atoms with Gasteiger partial charge in [-0.3, -0.25) is 4.72 Å². The first-order valence-electron chi connectivity index (χ1n) is 9.61. The maximum Gasteiger partial charge on any atom is 0.0808 e. The molecule has 1 N–H and O–H groups in total. The molecule has 30 heavy (non-hydrogen) atoms. The van der Waals surface area contributed by atoms with E-state index in [2.05, 4.69) is 29.8 Å². The van der Waals surface area contributed by atoms with Crippen molar-refractivity contribution in [2.24, 2.45) is 4.99 Å². The Hall–Kier alpha value is -1.14. The number of fused-ring (bicyclic) bond motifs is 2. The maximum atomic E-state index is 6.56. The van der Waals surface area contributed by atoms with Crippen LogP contribution in [-0.4, -0.2) is 12.3 Å². The fourth-order valence-corrected chi connectivity index (χ4v) is 5.58. The van der Waals surface area contributed by atoms with Crippen LogP contribution in [0.4, 0.5) is 5.69 Å². The average molecular weight is 494 g/mol. The van der Waals surface area contributed by atoms with Crippen LogP contribution in [0, 0.1) is 0 Å². The molecule has 0 radical (unpaired) electrons. The lowest BCUT2D eigenvalue weighted by atomic mass is 10.0. The number of hydrogen-bond donors (Lipinski definition) is 1. The zero-order valence-electron chi connectivity index (χ0n) is 16.2. The molecule has 1 aliphatic heterocycles. The lowest BCUT2D eigenvalue weighted by Gasteiger charge is -2.11. The average Bonchev–Trinajstić information content (AvgIpc) is 2.87. The van der Waals surface area contributed by atoms with Gasteiger partial charge < -0.3 is 0 Å². The van der Waals surface area contributed by atoms with Gasteiger partial charge in [0.1, 0.15) is 0 Å². The smallest absolute Gasteiger partial charge is 0.0808 e. The molecule has 2 nitrogen and oxygen atoms in total. The lowest BCUT2D eigenvalue weighted by molar-refractivity contribution is 0.776. The summed E-state index contributed by atoms with van der Waals surface area (Å²) >= 11 is 22.3. The summed E-state index contributed by atoms with van der Waals surface area (Å²) in [6.45, 7) is 3.17. The van der Waals surface area contributed by atoms with Gasteiger partial charge >= 0.3 is 0 Å². The molecule has 3 aromatic carbocycles. The molecule has 0 amide bonds. The Kier molecular flexibility index (Phi) is 7.35. The molecule has 0 aromatic heterocycles. The van der Waals surface area contributed by atoms with Crippen molar-refractivity contribution in [3.8, 4) is 0 Å². The fourth-order valence-electron chi connectivity index (χ4n) is 3.08. The molecule has 0 bridgehead atoms. The number of unbranched alkanes of at least 4 members (excludes halogenated alkanes) is 1. The van der Waals surface area contributed by atoms with Gasteiger partial charge in [-0.15, -0.1) is 0 Å². The van der Waals surface area contributed by atoms with Gasteiger partial charge in [-0.05, 0) is 66.9 Å². The van der Waals surface area contributed by atoms with E-state index in [9.17, 15) is 0 Å². The predicted molar refractivity (Wildman–Crippen MR) is 133 cm³/mol. The van der Waals surface area contributed by atoms with Crippen molar-refractivity contribution in [2.75, 3.05) is 6.54 Å². The largest absolute Gasteiger partial charge is 0.260 e. The van der Waals surface area contributed by atoms with Gasteiger partial charge in [-0.2, -0.15) is 0 Å². The van der Waals surface area contributed by atoms with Crippen LogP contribution in [0.25, 0.3) is 0 Å². The summed E-state index contributed by atoms with van der Waals surface area (Å²) < 4.78 is 3.42. The van der Waals surface area contributed by atoms with Crippen LogP contribution in [-0.2, 0) is 0 Å². The van der Waals surface area contributed by atoms with Gasteiger partial charge in [0.2, 0.25) is 0 Å². The second-order valence-electron chi connectivity index (χ2n) is 6.81. The van der Waals surface area contributed by atoms with Crippen molar-refractivity contribution in [1.82, 2.24) is 4.72 Å². The zero-order valence-corrected chi connectivity index (χ0v) is 20.1. The third-order valence-electron chi connectivity index (χ3n) is 4.59. The number of nitrogens with zero attached hydrogens (tertiary/aromatic N) is 1. The Bertz CT molecular complexity index is 1120. The van der Waals surface area contributed by atoms with Crippen LogP contribution in [0.3, 0.4) is 0 Å². The molecular formula is C23H19Cl3N2S2. The minimum absolute atomic E-state index is 0.572. The number of rotatable bonds is 6. The second-order valence-corrected chi connectivity index (χ2v) is 10.1. The molecule has 0 spiro atoms. The highest BCUT2D eigenvalue weighted by Gasteiger charge is 2.21. The number of benzene rings is 3. The highest BCUT2D eigenvalue weighted by atomic mass is 35.5. The number of hydrogen-bond acceptors (Lipinski definition) is 4. The fraction of sp³-hybridized carbons (Fsp3) is 0.174. The number of nitrogens with one attached hydrogen (secondary N) is 1. The summed E-state index contributed by atoms with van der Waals surface area (Å²) in [7, 11) is 0. The van der Waals surface area contributed by atoms with E-state index >= 15 is 0 Å². The normalized spacial score (nSPS) is 12.7. The molecule has 0 fully saturated rings. The Morgan fingerprint density at radius 1 is 0.900 bits per heavy atom. The lowest BCUT2D eigenvalue weighted by Crippen LogP contribution is -2.05. The molecular weight excluding hydrogens is 475 g/mol. The summed E-state index contributed by atoms with van der Waals surface area (Å²) in [5.41, 5.74) is 3.57. The quantitative estimate of drug-likeness (QED) is 0.215. The zero-order chi connectivity index (χ0) is 21.1. The van der Waals surface area contributed by atoms with Gasteiger partial charge in [0.25, 0.3) is 0 Å². The second kappa shape index (κ2) is 9.99. The molecule has 0 unspecified atom stereocenters. The van der Waals surface area contributed by atoms with E-state index in [1.807, 2.05) is 30.3 Å². The van der Waals surface area contributed by atoms with Crippen molar-refractivity contribution in [1.29, 1.82) is 0 Å². The number of halogens is 3. The van der Waals surface area contributed by atoms with Gasteiger partial charge in [0.15, 0.2) is 0 Å². The molecule has 0 saturated heterocycles. The molecule has 7 heteroatoms. The van der Waals surface area contributed by atoms with Crippen LogP contribution in [0.5, 0.6) is 0 Å². The molecule has 1 heterocycles. The molecule has 1 aliphatic rings. The first-order chi connectivity index (χ1) is 14.5. The summed E-state index contributed by atoms with van der Waals surface area (Å²) in [6.07, 6.45) is 2.33. The standard InChI is InChI=1S/C23H19Cl3N2S2/c1-2-3-10-27-30-16-6-9-21-20(13-16)28-23(17-7-4-14(24)11-19(17)26)18-8-5-15(25)12-22(18)29-21/h4-9,11-13,27H,2-3,10H2,1H3. The Balaban J connectivity index is 1.80. The van der Waals surface area contributed by atoms with Crippen molar-refractivity contribution >= 4 is 69.9 Å². The number of aliphatic imine (C=N–C) groups is 1. The molecule has 154 valence electrons. The molecule has 0 aliphatic carbocycles. The van der Waals surface area contributed by atoms with E-state index < -0.39 is 0 Å². The highest BCUT2D eigenvalue weighted by molar-refractivity contribution is 7.99. The Morgan fingerprint density at radius 3 is 2.43 bits per heavy atom. The Labute approximate surface area is 200 Å². The van der Waals surface area contributed by atoms with E-state index in [1.165, 1.54) is 6.42 Å². The van der Waals surface area contributed by atoms with E-state index in [4.69, 9.17) is 39.8 Å². The van der Waals surface area contributed by atoms with Gasteiger partial charge in [-0.25, -0.2) is 4.99 Å². The first kappa shape index (κ1) is 22.1. The van der Waals surface area contributed by atoms with Crippen molar-refractivity contribution < 1.29 is 0 Å². The SMILES string of the molecule is CCCCNSc1ccc2c(c1)N=C(c1ccc(Cl)cc1Cl)c1ccc(Cl)cc1S2. The Morgan fingerprint density at radius 2 is 1.67 bits per heavy atom. The summed E-state index contributed by atoms with van der Waals surface area (Å²) in [6, 6.07) is 17.7. The maximum absolute atomic E-state index is 6.56. The molecule has 0 saturated carbocycles. The highest BCUT2D eigenvalue weighted by Crippen LogP contribution is 2.44. The van der Waals surface area contributed by atoms with E-state index in [0.29, 0.717) is 15.1 Å². The summed E-state index contributed by atoms with van der Waals surface area (Å²) in [4.78, 5) is 8.31. The van der Waals surface area contributed by atoms with Crippen LogP contribution < -0.4 is 4.72 Å². The van der Waals surface area contributed by atoms with Crippen LogP contribution >= 0.6 is 58.5 Å². The molecule has 3 aromatic rings. The molecule has 4 rings (SSSR count). The topological polar surface area (TPSA) is 24.4 Å². The first-order valence-corrected chi connectivity index (χ1v) is 12.4. The third-order valence-corrected chi connectivity index (χ3v) is 7.33. The van der Waals surface area contributed by atoms with Crippen molar-refractivity contribution in [3.05, 3.63) is 80.8 Å². The van der Waals surface area contributed by atoms with Gasteiger partial charge in [0.05, 0.1) is 16.4 Å². The monoisotopic (exact) mass is 492 g/mol. The summed E-state index contributed by atoms with van der Waals surface area (Å²) in [5.74, 6) is 0. The molecule has 0 atom stereocenters. The van der Waals surface area contributed by atoms with E-state index in [0.717, 1.165) is 50.2 Å². The van der Waals surface area contributed by atoms with E-state index in [1.54, 1.807) is 29.8 Å². The van der Waals surface area contributed by atoms with Gasteiger partial charge in [-0.1, -0.05) is 66.0 Å². The predicted octanol–water partition coefficient (Wildman–Crippen LogP) is 8.68.